The highest BCUT2D eigenvalue weighted by Crippen LogP contribution is 2.29. The molecular formula is C22H30ClN3O3. The number of rotatable bonds is 8. The summed E-state index contributed by atoms with van der Waals surface area (Å²) in [5, 5.41) is 6.27. The highest BCUT2D eigenvalue weighted by molar-refractivity contribution is 5.91. The van der Waals surface area contributed by atoms with Crippen molar-refractivity contribution in [2.45, 2.75) is 26.4 Å². The fourth-order valence-corrected chi connectivity index (χ4v) is 3.31. The molecule has 0 aliphatic carbocycles. The van der Waals surface area contributed by atoms with Crippen LogP contribution in [-0.2, 0) is 11.3 Å². The lowest BCUT2D eigenvalue weighted by Crippen LogP contribution is -2.48. The van der Waals surface area contributed by atoms with Crippen LogP contribution in [0.3, 0.4) is 0 Å². The lowest BCUT2D eigenvalue weighted by molar-refractivity contribution is -0.118. The van der Waals surface area contributed by atoms with Crippen molar-refractivity contribution in [1.82, 2.24) is 10.2 Å². The second-order valence-corrected chi connectivity index (χ2v) is 7.01. The van der Waals surface area contributed by atoms with E-state index in [1.807, 2.05) is 55.5 Å². The molecule has 1 amide bonds. The predicted molar refractivity (Wildman–Crippen MR) is 118 cm³/mol. The van der Waals surface area contributed by atoms with Crippen LogP contribution in [0.4, 0.5) is 5.69 Å². The molecule has 0 bridgehead atoms. The zero-order valence-electron chi connectivity index (χ0n) is 17.0. The van der Waals surface area contributed by atoms with E-state index in [4.69, 9.17) is 9.47 Å². The number of halogens is 1. The van der Waals surface area contributed by atoms with Crippen LogP contribution in [0, 0.1) is 0 Å². The zero-order chi connectivity index (χ0) is 19.8. The third kappa shape index (κ3) is 7.24. The van der Waals surface area contributed by atoms with Crippen molar-refractivity contribution in [3.05, 3.63) is 54.1 Å². The maximum absolute atomic E-state index is 12.1. The Labute approximate surface area is 179 Å². The Morgan fingerprint density at radius 3 is 2.69 bits per heavy atom. The SMILES string of the molecule is CCOc1cc(CN2CCN[C@@H](C)C2)ccc1OCC(=O)Nc1ccccc1.Cl. The Bertz CT molecular complexity index is 773. The largest absolute Gasteiger partial charge is 0.490 e. The van der Waals surface area contributed by atoms with Crippen LogP contribution >= 0.6 is 12.4 Å². The van der Waals surface area contributed by atoms with Gasteiger partial charge in [0, 0.05) is 37.9 Å². The smallest absolute Gasteiger partial charge is 0.262 e. The van der Waals surface area contributed by atoms with Crippen molar-refractivity contribution in [2.75, 3.05) is 38.2 Å². The lowest BCUT2D eigenvalue weighted by atomic mass is 10.1. The van der Waals surface area contributed by atoms with Crippen molar-refractivity contribution in [3.63, 3.8) is 0 Å². The van der Waals surface area contributed by atoms with Gasteiger partial charge in [0.1, 0.15) is 0 Å². The summed E-state index contributed by atoms with van der Waals surface area (Å²) in [4.78, 5) is 14.6. The number of para-hydroxylation sites is 1. The number of carbonyl (C=O) groups excluding carboxylic acids is 1. The minimum Gasteiger partial charge on any atom is -0.490 e. The lowest BCUT2D eigenvalue weighted by Gasteiger charge is -2.31. The first kappa shape index (κ1) is 23.0. The molecule has 1 atom stereocenters. The molecule has 158 valence electrons. The van der Waals surface area contributed by atoms with E-state index in [0.29, 0.717) is 24.1 Å². The summed E-state index contributed by atoms with van der Waals surface area (Å²) < 4.78 is 11.5. The second-order valence-electron chi connectivity index (χ2n) is 7.01. The molecule has 3 rings (SSSR count). The summed E-state index contributed by atoms with van der Waals surface area (Å²) in [6.07, 6.45) is 0. The average molecular weight is 420 g/mol. The molecule has 2 N–H and O–H groups in total. The van der Waals surface area contributed by atoms with E-state index in [1.165, 1.54) is 5.56 Å². The van der Waals surface area contributed by atoms with Gasteiger partial charge >= 0.3 is 0 Å². The number of carbonyl (C=O) groups is 1. The topological polar surface area (TPSA) is 62.8 Å². The van der Waals surface area contributed by atoms with Crippen LogP contribution < -0.4 is 20.1 Å². The third-order valence-electron chi connectivity index (χ3n) is 4.58. The Balaban J connectivity index is 0.00000300. The van der Waals surface area contributed by atoms with E-state index in [1.54, 1.807) is 0 Å². The van der Waals surface area contributed by atoms with Gasteiger partial charge in [-0.1, -0.05) is 24.3 Å². The Morgan fingerprint density at radius 1 is 1.17 bits per heavy atom. The number of ether oxygens (including phenoxy) is 2. The number of hydrogen-bond acceptors (Lipinski definition) is 5. The van der Waals surface area contributed by atoms with Gasteiger partial charge in [-0.3, -0.25) is 9.69 Å². The van der Waals surface area contributed by atoms with Crippen LogP contribution in [0.1, 0.15) is 19.4 Å². The summed E-state index contributed by atoms with van der Waals surface area (Å²) in [5.41, 5.74) is 1.93. The fraction of sp³-hybridized carbons (Fsp3) is 0.409. The molecule has 0 unspecified atom stereocenters. The molecule has 1 aliphatic heterocycles. The van der Waals surface area contributed by atoms with E-state index in [2.05, 4.69) is 22.5 Å². The molecule has 1 fully saturated rings. The molecule has 2 aromatic carbocycles. The van der Waals surface area contributed by atoms with Crippen molar-refractivity contribution in [3.8, 4) is 11.5 Å². The van der Waals surface area contributed by atoms with Gasteiger partial charge < -0.3 is 20.1 Å². The molecule has 2 aromatic rings. The van der Waals surface area contributed by atoms with Gasteiger partial charge in [0.15, 0.2) is 18.1 Å². The summed E-state index contributed by atoms with van der Waals surface area (Å²) in [6, 6.07) is 15.8. The van der Waals surface area contributed by atoms with Crippen LogP contribution in [0.2, 0.25) is 0 Å². The van der Waals surface area contributed by atoms with Crippen LogP contribution in [0.25, 0.3) is 0 Å². The van der Waals surface area contributed by atoms with E-state index < -0.39 is 0 Å². The number of piperazine rings is 1. The van der Waals surface area contributed by atoms with Crippen molar-refractivity contribution >= 4 is 24.0 Å². The van der Waals surface area contributed by atoms with Gasteiger partial charge in [-0.15, -0.1) is 12.4 Å². The molecule has 1 aliphatic rings. The minimum atomic E-state index is -0.201. The molecular weight excluding hydrogens is 390 g/mol. The number of hydrogen-bond donors (Lipinski definition) is 2. The maximum atomic E-state index is 12.1. The predicted octanol–water partition coefficient (Wildman–Crippen LogP) is 3.32. The van der Waals surface area contributed by atoms with Crippen LogP contribution in [0.5, 0.6) is 11.5 Å². The summed E-state index contributed by atoms with van der Waals surface area (Å²) >= 11 is 0. The molecule has 6 nitrogen and oxygen atoms in total. The first-order valence-electron chi connectivity index (χ1n) is 9.83. The molecule has 29 heavy (non-hydrogen) atoms. The normalized spacial score (nSPS) is 16.6. The number of nitrogens with zero attached hydrogens (tertiary/aromatic N) is 1. The highest BCUT2D eigenvalue weighted by atomic mass is 35.5. The van der Waals surface area contributed by atoms with Gasteiger partial charge in [0.05, 0.1) is 6.61 Å². The molecule has 1 heterocycles. The first-order valence-corrected chi connectivity index (χ1v) is 9.83. The van der Waals surface area contributed by atoms with Gasteiger partial charge in [-0.05, 0) is 43.7 Å². The van der Waals surface area contributed by atoms with Gasteiger partial charge in [0.2, 0.25) is 0 Å². The Morgan fingerprint density at radius 2 is 1.97 bits per heavy atom. The summed E-state index contributed by atoms with van der Waals surface area (Å²) in [5.74, 6) is 1.06. The summed E-state index contributed by atoms with van der Waals surface area (Å²) in [6.45, 7) is 8.57. The molecule has 7 heteroatoms. The first-order chi connectivity index (χ1) is 13.6. The van der Waals surface area contributed by atoms with Crippen LogP contribution in [0.15, 0.2) is 48.5 Å². The molecule has 1 saturated heterocycles. The number of nitrogens with one attached hydrogen (secondary N) is 2. The molecule has 0 radical (unpaired) electrons. The van der Waals surface area contributed by atoms with E-state index in [9.17, 15) is 4.79 Å². The van der Waals surface area contributed by atoms with Gasteiger partial charge in [0.25, 0.3) is 5.91 Å². The van der Waals surface area contributed by atoms with Crippen molar-refractivity contribution in [2.24, 2.45) is 0 Å². The second kappa shape index (κ2) is 11.7. The van der Waals surface area contributed by atoms with Gasteiger partial charge in [-0.25, -0.2) is 0 Å². The third-order valence-corrected chi connectivity index (χ3v) is 4.58. The average Bonchev–Trinajstić information content (AvgIpc) is 2.68. The Kier molecular flexibility index (Phi) is 9.25. The molecule has 0 saturated carbocycles. The fourth-order valence-electron chi connectivity index (χ4n) is 3.31. The van der Waals surface area contributed by atoms with E-state index in [0.717, 1.165) is 31.9 Å². The maximum Gasteiger partial charge on any atom is 0.262 e. The summed E-state index contributed by atoms with van der Waals surface area (Å²) in [7, 11) is 0. The highest BCUT2D eigenvalue weighted by Gasteiger charge is 2.17. The molecule has 0 aromatic heterocycles. The van der Waals surface area contributed by atoms with Crippen LogP contribution in [-0.4, -0.2) is 49.7 Å². The quantitative estimate of drug-likeness (QED) is 0.687. The monoisotopic (exact) mass is 419 g/mol. The standard InChI is InChI=1S/C22H29N3O3.ClH/c1-3-27-21-13-18(15-25-12-11-23-17(2)14-25)9-10-20(21)28-16-22(26)24-19-7-5-4-6-8-19;/h4-10,13,17,23H,3,11-12,14-16H2,1-2H3,(H,24,26);1H/t17-;/m0./s1. The number of benzene rings is 2. The van der Waals surface area contributed by atoms with Gasteiger partial charge in [-0.2, -0.15) is 0 Å². The zero-order valence-corrected chi connectivity index (χ0v) is 17.8. The Hall–Kier alpha value is -2.28. The van der Waals surface area contributed by atoms with Crippen molar-refractivity contribution in [1.29, 1.82) is 0 Å². The van der Waals surface area contributed by atoms with Crippen molar-refractivity contribution < 1.29 is 14.3 Å². The number of amides is 1. The number of anilines is 1. The molecule has 0 spiro atoms. The van der Waals surface area contributed by atoms with E-state index in [-0.39, 0.29) is 24.9 Å². The van der Waals surface area contributed by atoms with E-state index >= 15 is 0 Å². The minimum absolute atomic E-state index is 0.